The van der Waals surface area contributed by atoms with E-state index < -0.39 is 11.0 Å². The summed E-state index contributed by atoms with van der Waals surface area (Å²) in [6.07, 6.45) is 1.11. The van der Waals surface area contributed by atoms with E-state index in [2.05, 4.69) is 5.32 Å². The fourth-order valence-electron chi connectivity index (χ4n) is 3.36. The lowest BCUT2D eigenvalue weighted by Gasteiger charge is -2.31. The van der Waals surface area contributed by atoms with Crippen molar-refractivity contribution in [3.63, 3.8) is 0 Å². The van der Waals surface area contributed by atoms with E-state index in [0.717, 1.165) is 17.5 Å². The molecule has 0 bridgehead atoms. The van der Waals surface area contributed by atoms with Gasteiger partial charge in [0.25, 0.3) is 5.69 Å². The van der Waals surface area contributed by atoms with Gasteiger partial charge in [-0.1, -0.05) is 56.3 Å². The Morgan fingerprint density at radius 1 is 1.07 bits per heavy atom. The number of rotatable bonds is 10. The fraction of sp³-hybridized carbons (Fsp3) is 0.391. The van der Waals surface area contributed by atoms with Crippen LogP contribution in [-0.2, 0) is 22.6 Å². The molecule has 0 heterocycles. The lowest BCUT2D eigenvalue weighted by Crippen LogP contribution is -2.49. The molecule has 7 nitrogen and oxygen atoms in total. The van der Waals surface area contributed by atoms with E-state index in [4.69, 9.17) is 0 Å². The second-order valence-electron chi connectivity index (χ2n) is 7.23. The molecule has 0 saturated heterocycles. The minimum atomic E-state index is -0.647. The standard InChI is InChI=1S/C23H29N3O4/c1-4-14-24-23(28)20(5-2)25(16-19-12-7-6-10-17(19)3)22(27)15-18-11-8-9-13-21(18)26(29)30/h6-13,20H,4-5,14-16H2,1-3H3,(H,24,28)/t20-/m1/s1. The molecule has 0 spiro atoms. The molecule has 2 aromatic rings. The van der Waals surface area contributed by atoms with Gasteiger partial charge in [-0.25, -0.2) is 0 Å². The summed E-state index contributed by atoms with van der Waals surface area (Å²) >= 11 is 0. The maximum absolute atomic E-state index is 13.3. The van der Waals surface area contributed by atoms with Crippen molar-refractivity contribution in [1.29, 1.82) is 0 Å². The molecule has 1 N–H and O–H groups in total. The van der Waals surface area contributed by atoms with Crippen LogP contribution < -0.4 is 5.32 Å². The number of aryl methyl sites for hydroxylation is 1. The Hall–Kier alpha value is -3.22. The van der Waals surface area contributed by atoms with Gasteiger partial charge in [0.1, 0.15) is 6.04 Å². The quantitative estimate of drug-likeness (QED) is 0.476. The van der Waals surface area contributed by atoms with Crippen LogP contribution in [0.4, 0.5) is 5.69 Å². The molecule has 0 saturated carbocycles. The van der Waals surface area contributed by atoms with E-state index >= 15 is 0 Å². The first-order valence-corrected chi connectivity index (χ1v) is 10.2. The predicted molar refractivity (Wildman–Crippen MR) is 116 cm³/mol. The van der Waals surface area contributed by atoms with Crippen molar-refractivity contribution in [2.75, 3.05) is 6.54 Å². The van der Waals surface area contributed by atoms with Gasteiger partial charge in [-0.2, -0.15) is 0 Å². The Morgan fingerprint density at radius 3 is 2.30 bits per heavy atom. The zero-order valence-corrected chi connectivity index (χ0v) is 17.8. The van der Waals surface area contributed by atoms with Crippen molar-refractivity contribution in [2.24, 2.45) is 0 Å². The number of hydrogen-bond donors (Lipinski definition) is 1. The molecule has 0 radical (unpaired) electrons. The van der Waals surface area contributed by atoms with Crippen LogP contribution in [0.25, 0.3) is 0 Å². The molecular formula is C23H29N3O4. The number of amides is 2. The van der Waals surface area contributed by atoms with Crippen molar-refractivity contribution < 1.29 is 14.5 Å². The molecule has 0 aromatic heterocycles. The minimum Gasteiger partial charge on any atom is -0.354 e. The molecular weight excluding hydrogens is 382 g/mol. The molecule has 2 aromatic carbocycles. The molecule has 1 atom stereocenters. The Labute approximate surface area is 177 Å². The first-order chi connectivity index (χ1) is 14.4. The van der Waals surface area contributed by atoms with Gasteiger partial charge in [0, 0.05) is 24.7 Å². The van der Waals surface area contributed by atoms with Crippen LogP contribution in [0.15, 0.2) is 48.5 Å². The van der Waals surface area contributed by atoms with Crippen LogP contribution in [0.3, 0.4) is 0 Å². The van der Waals surface area contributed by atoms with E-state index in [1.165, 1.54) is 6.07 Å². The Kier molecular flexibility index (Phi) is 8.53. The van der Waals surface area contributed by atoms with Crippen molar-refractivity contribution in [3.05, 3.63) is 75.3 Å². The van der Waals surface area contributed by atoms with E-state index in [1.54, 1.807) is 23.1 Å². The number of carbonyl (C=O) groups is 2. The number of nitrogens with zero attached hydrogens (tertiary/aromatic N) is 2. The number of para-hydroxylation sites is 1. The highest BCUT2D eigenvalue weighted by molar-refractivity contribution is 5.88. The third-order valence-electron chi connectivity index (χ3n) is 5.07. The van der Waals surface area contributed by atoms with Gasteiger partial charge in [0.15, 0.2) is 0 Å². The van der Waals surface area contributed by atoms with Gasteiger partial charge in [-0.05, 0) is 30.9 Å². The molecule has 160 valence electrons. The van der Waals surface area contributed by atoms with E-state index in [1.807, 2.05) is 45.0 Å². The average molecular weight is 412 g/mol. The third-order valence-corrected chi connectivity index (χ3v) is 5.07. The summed E-state index contributed by atoms with van der Waals surface area (Å²) in [4.78, 5) is 38.5. The number of carbonyl (C=O) groups excluding carboxylic acids is 2. The fourth-order valence-corrected chi connectivity index (χ4v) is 3.36. The van der Waals surface area contributed by atoms with Crippen molar-refractivity contribution >= 4 is 17.5 Å². The number of nitrogens with one attached hydrogen (secondary N) is 1. The van der Waals surface area contributed by atoms with Gasteiger partial charge < -0.3 is 10.2 Å². The van der Waals surface area contributed by atoms with Crippen LogP contribution >= 0.6 is 0 Å². The first-order valence-electron chi connectivity index (χ1n) is 10.2. The normalized spacial score (nSPS) is 11.6. The summed E-state index contributed by atoms with van der Waals surface area (Å²) in [6, 6.07) is 13.3. The van der Waals surface area contributed by atoms with Crippen molar-refractivity contribution in [3.8, 4) is 0 Å². The number of nitro benzene ring substituents is 1. The van der Waals surface area contributed by atoms with Crippen molar-refractivity contribution in [1.82, 2.24) is 10.2 Å². The highest BCUT2D eigenvalue weighted by Crippen LogP contribution is 2.21. The van der Waals surface area contributed by atoms with Crippen LogP contribution in [0.2, 0.25) is 0 Å². The largest absolute Gasteiger partial charge is 0.354 e. The highest BCUT2D eigenvalue weighted by atomic mass is 16.6. The van der Waals surface area contributed by atoms with Gasteiger partial charge in [0.05, 0.1) is 11.3 Å². The van der Waals surface area contributed by atoms with Gasteiger partial charge in [0.2, 0.25) is 11.8 Å². The number of hydrogen-bond acceptors (Lipinski definition) is 4. The summed E-state index contributed by atoms with van der Waals surface area (Å²) in [5.74, 6) is -0.519. The molecule has 0 unspecified atom stereocenters. The van der Waals surface area contributed by atoms with Gasteiger partial charge in [-0.15, -0.1) is 0 Å². The zero-order chi connectivity index (χ0) is 22.1. The summed E-state index contributed by atoms with van der Waals surface area (Å²) < 4.78 is 0. The summed E-state index contributed by atoms with van der Waals surface area (Å²) in [5, 5.41) is 14.2. The lowest BCUT2D eigenvalue weighted by atomic mass is 10.0. The van der Waals surface area contributed by atoms with Crippen LogP contribution in [0.1, 0.15) is 43.4 Å². The molecule has 2 rings (SSSR count). The Bertz CT molecular complexity index is 898. The summed E-state index contributed by atoms with van der Waals surface area (Å²) in [7, 11) is 0. The third kappa shape index (κ3) is 5.89. The first kappa shape index (κ1) is 23.1. The van der Waals surface area contributed by atoms with Crippen molar-refractivity contribution in [2.45, 2.75) is 52.6 Å². The summed E-state index contributed by atoms with van der Waals surface area (Å²) in [5.41, 5.74) is 2.20. The molecule has 2 amide bonds. The maximum atomic E-state index is 13.3. The molecule has 7 heteroatoms. The zero-order valence-electron chi connectivity index (χ0n) is 17.8. The van der Waals surface area contributed by atoms with E-state index in [0.29, 0.717) is 18.5 Å². The second-order valence-corrected chi connectivity index (χ2v) is 7.23. The van der Waals surface area contributed by atoms with Crippen LogP contribution in [-0.4, -0.2) is 34.2 Å². The average Bonchev–Trinajstić information content (AvgIpc) is 2.73. The molecule has 0 aliphatic rings. The van der Waals surface area contributed by atoms with Gasteiger partial charge >= 0.3 is 0 Å². The second kappa shape index (κ2) is 11.1. The molecule has 0 aliphatic heterocycles. The summed E-state index contributed by atoms with van der Waals surface area (Å²) in [6.45, 7) is 6.58. The smallest absolute Gasteiger partial charge is 0.273 e. The van der Waals surface area contributed by atoms with Gasteiger partial charge in [-0.3, -0.25) is 19.7 Å². The van der Waals surface area contributed by atoms with E-state index in [-0.39, 0.29) is 30.5 Å². The molecule has 0 fully saturated rings. The number of benzene rings is 2. The Morgan fingerprint density at radius 2 is 1.70 bits per heavy atom. The van der Waals surface area contributed by atoms with E-state index in [9.17, 15) is 19.7 Å². The SMILES string of the molecule is CCCNC(=O)[C@@H](CC)N(Cc1ccccc1C)C(=O)Cc1ccccc1[N+](=O)[O-]. The predicted octanol–water partition coefficient (Wildman–Crippen LogP) is 3.78. The molecule has 0 aliphatic carbocycles. The Balaban J connectivity index is 2.36. The highest BCUT2D eigenvalue weighted by Gasteiger charge is 2.30. The van der Waals surface area contributed by atoms with Crippen LogP contribution in [0.5, 0.6) is 0 Å². The minimum absolute atomic E-state index is 0.0924. The van der Waals surface area contributed by atoms with Crippen LogP contribution in [0, 0.1) is 17.0 Å². The monoisotopic (exact) mass is 411 g/mol. The number of nitro groups is 1. The molecule has 30 heavy (non-hydrogen) atoms. The lowest BCUT2D eigenvalue weighted by molar-refractivity contribution is -0.385. The maximum Gasteiger partial charge on any atom is 0.273 e. The topological polar surface area (TPSA) is 92.6 Å².